The Morgan fingerprint density at radius 3 is 2.59 bits per heavy atom. The van der Waals surface area contributed by atoms with Crippen LogP contribution in [0.15, 0.2) is 16.9 Å². The van der Waals surface area contributed by atoms with Crippen molar-refractivity contribution >= 4 is 15.8 Å². The number of aromatic nitrogens is 1. The highest BCUT2D eigenvalue weighted by molar-refractivity contribution is 7.91. The van der Waals surface area contributed by atoms with Crippen LogP contribution in [0.2, 0.25) is 0 Å². The molecule has 92 valence electrons. The lowest BCUT2D eigenvalue weighted by Crippen LogP contribution is -2.20. The summed E-state index contributed by atoms with van der Waals surface area (Å²) in [4.78, 5) is 24.5. The van der Waals surface area contributed by atoms with Crippen molar-refractivity contribution in [1.29, 1.82) is 0 Å². The zero-order valence-electron chi connectivity index (χ0n) is 8.84. The minimum atomic E-state index is -3.02. The molecule has 0 radical (unpaired) electrons. The third-order valence-corrected chi connectivity index (χ3v) is 4.60. The van der Waals surface area contributed by atoms with E-state index in [1.807, 2.05) is 0 Å². The summed E-state index contributed by atoms with van der Waals surface area (Å²) in [5.41, 5.74) is -0.546. The number of H-pyrrole nitrogens is 1. The van der Waals surface area contributed by atoms with E-state index in [0.29, 0.717) is 12.1 Å². The lowest BCUT2D eigenvalue weighted by Gasteiger charge is -2.07. The molecule has 2 rings (SSSR count). The van der Waals surface area contributed by atoms with Gasteiger partial charge in [-0.25, -0.2) is 13.2 Å². The van der Waals surface area contributed by atoms with Gasteiger partial charge < -0.3 is 10.1 Å². The molecule has 0 spiro atoms. The first-order chi connectivity index (χ1) is 7.89. The second-order valence-electron chi connectivity index (χ2n) is 4.06. The molecule has 1 atom stereocenters. The fourth-order valence-corrected chi connectivity index (χ4v) is 3.71. The molecule has 1 aromatic heterocycles. The lowest BCUT2D eigenvalue weighted by molar-refractivity contribution is 0.0695. The maximum Gasteiger partial charge on any atom is 0.341 e. The second-order valence-corrected chi connectivity index (χ2v) is 6.29. The van der Waals surface area contributed by atoms with Crippen LogP contribution in [-0.2, 0) is 9.84 Å². The van der Waals surface area contributed by atoms with Gasteiger partial charge in [0.15, 0.2) is 9.84 Å². The van der Waals surface area contributed by atoms with Crippen molar-refractivity contribution in [3.05, 3.63) is 33.7 Å². The van der Waals surface area contributed by atoms with Gasteiger partial charge in [-0.05, 0) is 18.6 Å². The summed E-state index contributed by atoms with van der Waals surface area (Å²) in [5.74, 6) is -1.41. The number of sulfone groups is 1. The maximum atomic E-state index is 11.4. The largest absolute Gasteiger partial charge is 0.477 e. The number of aromatic carboxylic acids is 1. The Labute approximate surface area is 97.2 Å². The fraction of sp³-hybridized carbons (Fsp3) is 0.400. The Bertz CT molecular complexity index is 616. The van der Waals surface area contributed by atoms with Gasteiger partial charge in [0.1, 0.15) is 5.56 Å². The van der Waals surface area contributed by atoms with Gasteiger partial charge in [-0.1, -0.05) is 0 Å². The summed E-state index contributed by atoms with van der Waals surface area (Å²) in [6.45, 7) is 0. The third-order valence-electron chi connectivity index (χ3n) is 2.83. The molecule has 7 heteroatoms. The topological polar surface area (TPSA) is 104 Å². The Hall–Kier alpha value is -1.63. The summed E-state index contributed by atoms with van der Waals surface area (Å²) in [7, 11) is -3.02. The zero-order valence-corrected chi connectivity index (χ0v) is 9.66. The Morgan fingerprint density at radius 1 is 1.41 bits per heavy atom. The highest BCUT2D eigenvalue weighted by Crippen LogP contribution is 2.26. The van der Waals surface area contributed by atoms with Crippen molar-refractivity contribution in [3.8, 4) is 0 Å². The van der Waals surface area contributed by atoms with Gasteiger partial charge in [-0.3, -0.25) is 4.79 Å². The molecule has 0 aromatic carbocycles. The Kier molecular flexibility index (Phi) is 2.78. The van der Waals surface area contributed by atoms with E-state index < -0.39 is 21.4 Å². The summed E-state index contributed by atoms with van der Waals surface area (Å²) in [5, 5.41) is 8.69. The van der Waals surface area contributed by atoms with Crippen molar-refractivity contribution in [2.45, 2.75) is 12.3 Å². The molecule has 1 aliphatic heterocycles. The van der Waals surface area contributed by atoms with E-state index in [4.69, 9.17) is 5.11 Å². The monoisotopic (exact) mass is 257 g/mol. The Balaban J connectivity index is 2.34. The number of hydrogen-bond acceptors (Lipinski definition) is 4. The number of pyridine rings is 1. The van der Waals surface area contributed by atoms with Gasteiger partial charge in [0.05, 0.1) is 11.5 Å². The number of carboxylic acids is 1. The molecule has 1 aliphatic rings. The summed E-state index contributed by atoms with van der Waals surface area (Å²) >= 11 is 0. The predicted molar refractivity (Wildman–Crippen MR) is 60.0 cm³/mol. The van der Waals surface area contributed by atoms with Crippen LogP contribution in [0.4, 0.5) is 0 Å². The molecular weight excluding hydrogens is 246 g/mol. The molecule has 1 unspecified atom stereocenters. The van der Waals surface area contributed by atoms with Crippen LogP contribution in [0.3, 0.4) is 0 Å². The maximum absolute atomic E-state index is 11.4. The van der Waals surface area contributed by atoms with Crippen molar-refractivity contribution in [3.63, 3.8) is 0 Å². The number of aromatic amines is 1. The van der Waals surface area contributed by atoms with E-state index >= 15 is 0 Å². The van der Waals surface area contributed by atoms with Crippen molar-refractivity contribution < 1.29 is 18.3 Å². The summed E-state index contributed by atoms with van der Waals surface area (Å²) in [6, 6.07) is 2.68. The van der Waals surface area contributed by atoms with Crippen LogP contribution >= 0.6 is 0 Å². The second kappa shape index (κ2) is 3.99. The minimum absolute atomic E-state index is 0.00928. The van der Waals surface area contributed by atoms with E-state index in [-0.39, 0.29) is 23.0 Å². The zero-order chi connectivity index (χ0) is 12.6. The molecule has 1 saturated heterocycles. The summed E-state index contributed by atoms with van der Waals surface area (Å²) < 4.78 is 22.6. The van der Waals surface area contributed by atoms with Crippen LogP contribution < -0.4 is 5.56 Å². The van der Waals surface area contributed by atoms with Gasteiger partial charge in [0, 0.05) is 11.6 Å². The van der Waals surface area contributed by atoms with Crippen LogP contribution in [-0.4, -0.2) is 36.0 Å². The van der Waals surface area contributed by atoms with Gasteiger partial charge in [0.25, 0.3) is 5.56 Å². The smallest absolute Gasteiger partial charge is 0.341 e. The van der Waals surface area contributed by atoms with Crippen molar-refractivity contribution in [2.24, 2.45) is 0 Å². The normalized spacial score (nSPS) is 22.5. The quantitative estimate of drug-likeness (QED) is 0.774. The van der Waals surface area contributed by atoms with E-state index in [2.05, 4.69) is 4.98 Å². The standard InChI is InChI=1S/C10H11NO5S/c12-9-7(10(13)14)1-2-8(11-9)6-3-4-17(15,16)5-6/h1-2,6H,3-5H2,(H,11,12)(H,13,14). The van der Waals surface area contributed by atoms with Crippen molar-refractivity contribution in [1.82, 2.24) is 4.98 Å². The predicted octanol–water partition coefficient (Wildman–Crippen LogP) is -0.0248. The van der Waals surface area contributed by atoms with E-state index in [1.54, 1.807) is 0 Å². The van der Waals surface area contributed by atoms with E-state index in [9.17, 15) is 18.0 Å². The van der Waals surface area contributed by atoms with Crippen LogP contribution in [0.25, 0.3) is 0 Å². The third kappa shape index (κ3) is 2.38. The molecule has 1 aromatic rings. The van der Waals surface area contributed by atoms with Crippen LogP contribution in [0, 0.1) is 0 Å². The number of rotatable bonds is 2. The summed E-state index contributed by atoms with van der Waals surface area (Å²) in [6.07, 6.45) is 0.463. The molecule has 0 aliphatic carbocycles. The first kappa shape index (κ1) is 11.8. The fourth-order valence-electron chi connectivity index (χ4n) is 1.94. The first-order valence-electron chi connectivity index (χ1n) is 5.06. The molecule has 6 nitrogen and oxygen atoms in total. The number of carboxylic acid groups (broad SMARTS) is 1. The lowest BCUT2D eigenvalue weighted by atomic mass is 10.0. The van der Waals surface area contributed by atoms with E-state index in [1.165, 1.54) is 12.1 Å². The van der Waals surface area contributed by atoms with Gasteiger partial charge in [-0.15, -0.1) is 0 Å². The molecule has 1 fully saturated rings. The average molecular weight is 257 g/mol. The molecular formula is C10H11NO5S. The Morgan fingerprint density at radius 2 is 2.12 bits per heavy atom. The van der Waals surface area contributed by atoms with Crippen LogP contribution in [0.1, 0.15) is 28.4 Å². The first-order valence-corrected chi connectivity index (χ1v) is 6.88. The van der Waals surface area contributed by atoms with Crippen molar-refractivity contribution in [2.75, 3.05) is 11.5 Å². The molecule has 17 heavy (non-hydrogen) atoms. The van der Waals surface area contributed by atoms with Gasteiger partial charge in [-0.2, -0.15) is 0 Å². The number of nitrogens with one attached hydrogen (secondary N) is 1. The number of carbonyl (C=O) groups is 1. The van der Waals surface area contributed by atoms with Gasteiger partial charge in [0.2, 0.25) is 0 Å². The molecule has 2 N–H and O–H groups in total. The molecule has 0 saturated carbocycles. The molecule has 0 bridgehead atoms. The highest BCUT2D eigenvalue weighted by atomic mass is 32.2. The minimum Gasteiger partial charge on any atom is -0.477 e. The number of hydrogen-bond donors (Lipinski definition) is 2. The van der Waals surface area contributed by atoms with Gasteiger partial charge >= 0.3 is 5.97 Å². The van der Waals surface area contributed by atoms with Crippen LogP contribution in [0.5, 0.6) is 0 Å². The molecule has 2 heterocycles. The van der Waals surface area contributed by atoms with E-state index in [0.717, 1.165) is 0 Å². The SMILES string of the molecule is O=C(O)c1ccc(C2CCS(=O)(=O)C2)[nH]c1=O. The molecule has 0 amide bonds. The highest BCUT2D eigenvalue weighted by Gasteiger charge is 2.29. The average Bonchev–Trinajstić information content (AvgIpc) is 2.58.